The van der Waals surface area contributed by atoms with Gasteiger partial charge in [-0.3, -0.25) is 0 Å². The molecule has 0 aromatic heterocycles. The normalized spacial score (nSPS) is 28.4. The van der Waals surface area contributed by atoms with E-state index in [2.05, 4.69) is 41.5 Å². The van der Waals surface area contributed by atoms with Crippen molar-refractivity contribution in [2.45, 2.75) is 38.8 Å². The second-order valence-electron chi connectivity index (χ2n) is 6.98. The van der Waals surface area contributed by atoms with Crippen LogP contribution in [0.4, 0.5) is 0 Å². The van der Waals surface area contributed by atoms with Crippen molar-refractivity contribution >= 4 is 0 Å². The van der Waals surface area contributed by atoms with E-state index in [1.807, 2.05) is 7.05 Å². The van der Waals surface area contributed by atoms with E-state index in [0.29, 0.717) is 0 Å². The van der Waals surface area contributed by atoms with Gasteiger partial charge in [0.1, 0.15) is 0 Å². The van der Waals surface area contributed by atoms with Gasteiger partial charge in [0, 0.05) is 19.6 Å². The number of fused-ring (bicyclic) bond motifs is 2. The summed E-state index contributed by atoms with van der Waals surface area (Å²) in [5.41, 5.74) is 2.83. The lowest BCUT2D eigenvalue weighted by Gasteiger charge is -2.27. The van der Waals surface area contributed by atoms with Crippen LogP contribution in [0, 0.1) is 17.8 Å². The Morgan fingerprint density at radius 3 is 2.75 bits per heavy atom. The Hall–Kier alpha value is -0.860. The lowest BCUT2D eigenvalue weighted by molar-refractivity contribution is 0.214. The van der Waals surface area contributed by atoms with Crippen LogP contribution >= 0.6 is 0 Å². The monoisotopic (exact) mass is 272 g/mol. The third-order valence-corrected chi connectivity index (χ3v) is 5.26. The zero-order valence-electron chi connectivity index (χ0n) is 12.9. The van der Waals surface area contributed by atoms with E-state index in [9.17, 15) is 0 Å². The zero-order chi connectivity index (χ0) is 13.9. The lowest BCUT2D eigenvalue weighted by Crippen LogP contribution is -2.28. The van der Waals surface area contributed by atoms with Crippen LogP contribution in [0.3, 0.4) is 0 Å². The highest BCUT2D eigenvalue weighted by Gasteiger charge is 2.39. The average molecular weight is 272 g/mol. The van der Waals surface area contributed by atoms with Gasteiger partial charge in [-0.25, -0.2) is 0 Å². The lowest BCUT2D eigenvalue weighted by atomic mass is 9.88. The van der Waals surface area contributed by atoms with E-state index in [1.165, 1.54) is 43.4 Å². The van der Waals surface area contributed by atoms with Gasteiger partial charge in [-0.15, -0.1) is 0 Å². The molecule has 0 spiro atoms. The molecule has 20 heavy (non-hydrogen) atoms. The van der Waals surface area contributed by atoms with Crippen molar-refractivity contribution in [1.82, 2.24) is 10.2 Å². The quantitative estimate of drug-likeness (QED) is 0.855. The fourth-order valence-corrected chi connectivity index (χ4v) is 4.42. The molecule has 1 aromatic rings. The number of rotatable bonds is 6. The van der Waals surface area contributed by atoms with Crippen molar-refractivity contribution in [2.24, 2.45) is 17.8 Å². The Balaban J connectivity index is 1.53. The second-order valence-corrected chi connectivity index (χ2v) is 6.98. The average Bonchev–Trinajstić information content (AvgIpc) is 3.01. The molecule has 110 valence electrons. The molecular weight excluding hydrogens is 244 g/mol. The molecule has 2 saturated carbocycles. The van der Waals surface area contributed by atoms with Crippen LogP contribution in [0.1, 0.15) is 36.8 Å². The number of nitrogens with one attached hydrogen (secondary N) is 1. The first kappa shape index (κ1) is 14.1. The maximum atomic E-state index is 3.23. The summed E-state index contributed by atoms with van der Waals surface area (Å²) in [5.74, 6) is 3.08. The van der Waals surface area contributed by atoms with Gasteiger partial charge in [-0.1, -0.05) is 30.7 Å². The van der Waals surface area contributed by atoms with Crippen LogP contribution in [-0.4, -0.2) is 25.5 Å². The summed E-state index contributed by atoms with van der Waals surface area (Å²) in [6.45, 7) is 3.34. The van der Waals surface area contributed by atoms with Gasteiger partial charge >= 0.3 is 0 Å². The fraction of sp³-hybridized carbons (Fsp3) is 0.667. The summed E-state index contributed by atoms with van der Waals surface area (Å²) in [6.07, 6.45) is 6.03. The van der Waals surface area contributed by atoms with E-state index in [0.717, 1.165) is 30.8 Å². The van der Waals surface area contributed by atoms with Crippen molar-refractivity contribution in [3.05, 3.63) is 35.4 Å². The predicted octanol–water partition coefficient (Wildman–Crippen LogP) is 3.27. The molecule has 3 rings (SSSR count). The number of hydrogen-bond acceptors (Lipinski definition) is 2. The Kier molecular flexibility index (Phi) is 4.42. The van der Waals surface area contributed by atoms with Gasteiger partial charge in [-0.05, 0) is 62.2 Å². The molecule has 2 aliphatic carbocycles. The summed E-state index contributed by atoms with van der Waals surface area (Å²) in [7, 11) is 4.30. The first-order valence-electron chi connectivity index (χ1n) is 8.15. The largest absolute Gasteiger partial charge is 0.316 e. The minimum atomic E-state index is 0.962. The standard InChI is InChI=1S/C18H28N2/c1-19-11-15-4-3-5-16(8-15)12-20(2)13-18-10-14-6-7-17(18)9-14/h3-5,8,14,17-19H,6-7,9-13H2,1-2H3. The van der Waals surface area contributed by atoms with E-state index in [4.69, 9.17) is 0 Å². The molecule has 0 radical (unpaired) electrons. The molecule has 2 aliphatic rings. The highest BCUT2D eigenvalue weighted by atomic mass is 15.1. The summed E-state index contributed by atoms with van der Waals surface area (Å²) in [4.78, 5) is 2.53. The molecule has 0 heterocycles. The first-order chi connectivity index (χ1) is 9.74. The second kappa shape index (κ2) is 6.28. The molecule has 2 fully saturated rings. The summed E-state index contributed by atoms with van der Waals surface area (Å²) in [5, 5.41) is 3.23. The maximum absolute atomic E-state index is 3.23. The van der Waals surface area contributed by atoms with Crippen LogP contribution in [0.15, 0.2) is 24.3 Å². The van der Waals surface area contributed by atoms with Crippen LogP contribution < -0.4 is 5.32 Å². The van der Waals surface area contributed by atoms with Gasteiger partial charge in [0.25, 0.3) is 0 Å². The minimum absolute atomic E-state index is 0.962. The number of nitrogens with zero attached hydrogens (tertiary/aromatic N) is 1. The molecule has 0 aliphatic heterocycles. The van der Waals surface area contributed by atoms with Crippen LogP contribution in [0.2, 0.25) is 0 Å². The molecule has 0 saturated heterocycles. The van der Waals surface area contributed by atoms with Gasteiger partial charge < -0.3 is 10.2 Å². The number of benzene rings is 1. The molecule has 2 bridgehead atoms. The molecule has 3 unspecified atom stereocenters. The van der Waals surface area contributed by atoms with Crippen LogP contribution in [0.5, 0.6) is 0 Å². The molecular formula is C18H28N2. The third-order valence-electron chi connectivity index (χ3n) is 5.26. The molecule has 3 atom stereocenters. The first-order valence-corrected chi connectivity index (χ1v) is 8.15. The van der Waals surface area contributed by atoms with Gasteiger partial charge in [0.05, 0.1) is 0 Å². The Bertz CT molecular complexity index is 443. The number of hydrogen-bond donors (Lipinski definition) is 1. The van der Waals surface area contributed by atoms with Crippen LogP contribution in [-0.2, 0) is 13.1 Å². The molecule has 2 nitrogen and oxygen atoms in total. The molecule has 1 N–H and O–H groups in total. The van der Waals surface area contributed by atoms with E-state index in [1.54, 1.807) is 0 Å². The highest BCUT2D eigenvalue weighted by molar-refractivity contribution is 5.23. The third kappa shape index (κ3) is 3.24. The Morgan fingerprint density at radius 1 is 1.20 bits per heavy atom. The summed E-state index contributed by atoms with van der Waals surface area (Å²) in [6, 6.07) is 8.99. The van der Waals surface area contributed by atoms with E-state index < -0.39 is 0 Å². The minimum Gasteiger partial charge on any atom is -0.316 e. The fourth-order valence-electron chi connectivity index (χ4n) is 4.42. The van der Waals surface area contributed by atoms with E-state index >= 15 is 0 Å². The van der Waals surface area contributed by atoms with Crippen LogP contribution in [0.25, 0.3) is 0 Å². The van der Waals surface area contributed by atoms with Gasteiger partial charge in [-0.2, -0.15) is 0 Å². The summed E-state index contributed by atoms with van der Waals surface area (Å²) < 4.78 is 0. The van der Waals surface area contributed by atoms with Gasteiger partial charge in [0.15, 0.2) is 0 Å². The van der Waals surface area contributed by atoms with Crippen molar-refractivity contribution < 1.29 is 0 Å². The maximum Gasteiger partial charge on any atom is 0.0230 e. The molecule has 0 amide bonds. The van der Waals surface area contributed by atoms with Crippen molar-refractivity contribution in [1.29, 1.82) is 0 Å². The van der Waals surface area contributed by atoms with E-state index in [-0.39, 0.29) is 0 Å². The van der Waals surface area contributed by atoms with Crippen molar-refractivity contribution in [3.8, 4) is 0 Å². The Morgan fingerprint density at radius 2 is 2.05 bits per heavy atom. The Labute approximate surface area is 123 Å². The summed E-state index contributed by atoms with van der Waals surface area (Å²) >= 11 is 0. The molecule has 2 heteroatoms. The SMILES string of the molecule is CNCc1cccc(CN(C)CC2CC3CCC2C3)c1. The smallest absolute Gasteiger partial charge is 0.0230 e. The van der Waals surface area contributed by atoms with Crippen molar-refractivity contribution in [2.75, 3.05) is 20.6 Å². The van der Waals surface area contributed by atoms with Crippen molar-refractivity contribution in [3.63, 3.8) is 0 Å². The zero-order valence-corrected chi connectivity index (χ0v) is 12.9. The topological polar surface area (TPSA) is 15.3 Å². The highest BCUT2D eigenvalue weighted by Crippen LogP contribution is 2.48. The van der Waals surface area contributed by atoms with Gasteiger partial charge in [0.2, 0.25) is 0 Å². The predicted molar refractivity (Wildman–Crippen MR) is 84.5 cm³/mol. The molecule has 1 aromatic carbocycles.